The molecule has 0 aliphatic heterocycles. The number of hydrogen-bond acceptors (Lipinski definition) is 2. The van der Waals surface area contributed by atoms with Crippen molar-refractivity contribution < 1.29 is 9.59 Å². The second kappa shape index (κ2) is 6.05. The van der Waals surface area contributed by atoms with Gasteiger partial charge < -0.3 is 5.32 Å². The molecule has 0 aliphatic carbocycles. The van der Waals surface area contributed by atoms with E-state index in [-0.39, 0.29) is 11.7 Å². The maximum atomic E-state index is 11.5. The van der Waals surface area contributed by atoms with Gasteiger partial charge in [0.25, 0.3) is 5.91 Å². The number of benzene rings is 1. The molecule has 0 radical (unpaired) electrons. The van der Waals surface area contributed by atoms with E-state index in [4.69, 9.17) is 0 Å². The Labute approximate surface area is 95.9 Å². The van der Waals surface area contributed by atoms with E-state index in [0.717, 1.165) is 5.56 Å². The lowest BCUT2D eigenvalue weighted by Crippen LogP contribution is -2.33. The zero-order valence-electron chi connectivity index (χ0n) is 9.69. The second-order valence-electron chi connectivity index (χ2n) is 3.84. The monoisotopic (exact) mass is 219 g/mol. The van der Waals surface area contributed by atoms with Gasteiger partial charge in [-0.1, -0.05) is 44.2 Å². The summed E-state index contributed by atoms with van der Waals surface area (Å²) in [6.07, 6.45) is 0.692. The maximum absolute atomic E-state index is 11.5. The molecule has 0 saturated carbocycles. The Bertz CT molecular complexity index is 359. The van der Waals surface area contributed by atoms with Crippen LogP contribution in [-0.2, 0) is 16.1 Å². The highest BCUT2D eigenvalue weighted by Crippen LogP contribution is 2.03. The molecule has 0 bridgehead atoms. The Balaban J connectivity index is 2.44. The van der Waals surface area contributed by atoms with Crippen molar-refractivity contribution in [2.24, 2.45) is 5.92 Å². The first-order chi connectivity index (χ1) is 7.65. The van der Waals surface area contributed by atoms with Gasteiger partial charge in [0.1, 0.15) is 0 Å². The highest BCUT2D eigenvalue weighted by atomic mass is 16.2. The minimum atomic E-state index is -0.488. The van der Waals surface area contributed by atoms with Crippen LogP contribution in [0.4, 0.5) is 0 Å². The number of carbonyl (C=O) groups excluding carboxylic acids is 2. The third-order valence-corrected chi connectivity index (χ3v) is 2.58. The fourth-order valence-corrected chi connectivity index (χ4v) is 1.27. The summed E-state index contributed by atoms with van der Waals surface area (Å²) in [7, 11) is 0. The van der Waals surface area contributed by atoms with Crippen LogP contribution in [0, 0.1) is 5.92 Å². The Morgan fingerprint density at radius 1 is 1.25 bits per heavy atom. The molecule has 3 nitrogen and oxygen atoms in total. The van der Waals surface area contributed by atoms with Crippen molar-refractivity contribution in [2.45, 2.75) is 26.8 Å². The number of hydrogen-bond donors (Lipinski definition) is 1. The minimum Gasteiger partial charge on any atom is -0.345 e. The largest absolute Gasteiger partial charge is 0.345 e. The van der Waals surface area contributed by atoms with Crippen molar-refractivity contribution in [3.63, 3.8) is 0 Å². The molecular weight excluding hydrogens is 202 g/mol. The lowest BCUT2D eigenvalue weighted by atomic mass is 10.0. The average molecular weight is 219 g/mol. The number of ketones is 1. The molecule has 16 heavy (non-hydrogen) atoms. The first-order valence-corrected chi connectivity index (χ1v) is 5.51. The molecule has 0 heterocycles. The number of carbonyl (C=O) groups is 2. The molecular formula is C13H17NO2. The van der Waals surface area contributed by atoms with E-state index < -0.39 is 5.91 Å². The zero-order valence-corrected chi connectivity index (χ0v) is 9.69. The Morgan fingerprint density at radius 2 is 1.88 bits per heavy atom. The van der Waals surface area contributed by atoms with E-state index in [0.29, 0.717) is 13.0 Å². The van der Waals surface area contributed by atoms with Gasteiger partial charge in [-0.15, -0.1) is 0 Å². The van der Waals surface area contributed by atoms with Crippen LogP contribution in [0.5, 0.6) is 0 Å². The molecule has 0 aliphatic rings. The first-order valence-electron chi connectivity index (χ1n) is 5.51. The first kappa shape index (κ1) is 12.4. The molecule has 1 unspecified atom stereocenters. The molecule has 1 N–H and O–H groups in total. The smallest absolute Gasteiger partial charge is 0.287 e. The molecule has 1 aromatic carbocycles. The van der Waals surface area contributed by atoms with Crippen LogP contribution in [0.2, 0.25) is 0 Å². The minimum absolute atomic E-state index is 0.198. The predicted molar refractivity (Wildman–Crippen MR) is 62.8 cm³/mol. The standard InChI is InChI=1S/C13H17NO2/c1-3-10(2)12(15)13(16)14-9-11-7-5-4-6-8-11/h4-8,10H,3,9H2,1-2H3,(H,14,16). The van der Waals surface area contributed by atoms with Crippen molar-refractivity contribution >= 4 is 11.7 Å². The maximum Gasteiger partial charge on any atom is 0.287 e. The van der Waals surface area contributed by atoms with Crippen LogP contribution in [-0.4, -0.2) is 11.7 Å². The highest BCUT2D eigenvalue weighted by molar-refractivity contribution is 6.36. The summed E-state index contributed by atoms with van der Waals surface area (Å²) in [5.74, 6) is -1.02. The Morgan fingerprint density at radius 3 is 2.44 bits per heavy atom. The molecule has 1 rings (SSSR count). The molecule has 0 fully saturated rings. The van der Waals surface area contributed by atoms with Gasteiger partial charge >= 0.3 is 0 Å². The number of rotatable bonds is 5. The van der Waals surface area contributed by atoms with Gasteiger partial charge in [0, 0.05) is 12.5 Å². The van der Waals surface area contributed by atoms with Gasteiger partial charge in [-0.05, 0) is 12.0 Å². The fourth-order valence-electron chi connectivity index (χ4n) is 1.27. The Kier molecular flexibility index (Phi) is 4.70. The third kappa shape index (κ3) is 3.50. The summed E-state index contributed by atoms with van der Waals surface area (Å²) in [5.41, 5.74) is 0.993. The number of Topliss-reactive ketones (excluding diaryl/α,β-unsaturated/α-hetero) is 1. The topological polar surface area (TPSA) is 46.2 Å². The lowest BCUT2D eigenvalue weighted by Gasteiger charge is -2.08. The summed E-state index contributed by atoms with van der Waals surface area (Å²) in [5, 5.41) is 2.63. The van der Waals surface area contributed by atoms with Gasteiger partial charge in [0.2, 0.25) is 5.78 Å². The van der Waals surface area contributed by atoms with E-state index >= 15 is 0 Å². The van der Waals surface area contributed by atoms with Crippen molar-refractivity contribution in [1.82, 2.24) is 5.32 Å². The lowest BCUT2D eigenvalue weighted by molar-refractivity contribution is -0.140. The molecule has 86 valence electrons. The van der Waals surface area contributed by atoms with E-state index in [1.165, 1.54) is 0 Å². The molecule has 0 spiro atoms. The van der Waals surface area contributed by atoms with Crippen molar-refractivity contribution in [3.8, 4) is 0 Å². The molecule has 0 aromatic heterocycles. The van der Waals surface area contributed by atoms with Crippen LogP contribution in [0.25, 0.3) is 0 Å². The quantitative estimate of drug-likeness (QED) is 0.769. The van der Waals surface area contributed by atoms with Crippen LogP contribution >= 0.6 is 0 Å². The van der Waals surface area contributed by atoms with Crippen molar-refractivity contribution in [3.05, 3.63) is 35.9 Å². The Hall–Kier alpha value is -1.64. The third-order valence-electron chi connectivity index (χ3n) is 2.58. The predicted octanol–water partition coefficient (Wildman–Crippen LogP) is 1.92. The molecule has 1 amide bonds. The van der Waals surface area contributed by atoms with Gasteiger partial charge in [-0.2, -0.15) is 0 Å². The van der Waals surface area contributed by atoms with Crippen LogP contribution in [0.15, 0.2) is 30.3 Å². The summed E-state index contributed by atoms with van der Waals surface area (Å²) < 4.78 is 0. The van der Waals surface area contributed by atoms with Gasteiger partial charge in [-0.25, -0.2) is 0 Å². The van der Waals surface area contributed by atoms with Gasteiger partial charge in [0.15, 0.2) is 0 Å². The number of amides is 1. The fraction of sp³-hybridized carbons (Fsp3) is 0.385. The summed E-state index contributed by atoms with van der Waals surface area (Å²) in [4.78, 5) is 22.9. The average Bonchev–Trinajstić information content (AvgIpc) is 2.35. The molecule has 1 atom stereocenters. The molecule has 3 heteroatoms. The number of nitrogens with one attached hydrogen (secondary N) is 1. The highest BCUT2D eigenvalue weighted by Gasteiger charge is 2.18. The van der Waals surface area contributed by atoms with Gasteiger partial charge in [0.05, 0.1) is 0 Å². The van der Waals surface area contributed by atoms with E-state index in [9.17, 15) is 9.59 Å². The zero-order chi connectivity index (χ0) is 12.0. The van der Waals surface area contributed by atoms with Crippen LogP contribution in [0.1, 0.15) is 25.8 Å². The van der Waals surface area contributed by atoms with Crippen LogP contribution < -0.4 is 5.32 Å². The normalized spacial score (nSPS) is 11.9. The van der Waals surface area contributed by atoms with E-state index in [1.54, 1.807) is 6.92 Å². The van der Waals surface area contributed by atoms with Crippen molar-refractivity contribution in [1.29, 1.82) is 0 Å². The van der Waals surface area contributed by atoms with Gasteiger partial charge in [-0.3, -0.25) is 9.59 Å². The van der Waals surface area contributed by atoms with Crippen molar-refractivity contribution in [2.75, 3.05) is 0 Å². The molecule has 1 aromatic rings. The van der Waals surface area contributed by atoms with Crippen LogP contribution in [0.3, 0.4) is 0 Å². The SMILES string of the molecule is CCC(C)C(=O)C(=O)NCc1ccccc1. The summed E-state index contributed by atoms with van der Waals surface area (Å²) in [6, 6.07) is 9.54. The van der Waals surface area contributed by atoms with E-state index in [2.05, 4.69) is 5.32 Å². The summed E-state index contributed by atoms with van der Waals surface area (Å²) >= 11 is 0. The molecule has 0 saturated heterocycles. The van der Waals surface area contributed by atoms with E-state index in [1.807, 2.05) is 37.3 Å². The summed E-state index contributed by atoms with van der Waals surface area (Å²) in [6.45, 7) is 4.07. The second-order valence-corrected chi connectivity index (χ2v) is 3.84.